The van der Waals surface area contributed by atoms with Gasteiger partial charge in [-0.3, -0.25) is 4.98 Å². The number of hydrogen-bond acceptors (Lipinski definition) is 3. The number of thiol groups is 1. The smallest absolute Gasteiger partial charge is 0.0450 e. The molecular formula is C7H8N2S. The van der Waals surface area contributed by atoms with E-state index in [4.69, 9.17) is 5.73 Å². The zero-order valence-electron chi connectivity index (χ0n) is 5.36. The average molecular weight is 152 g/mol. The van der Waals surface area contributed by atoms with Crippen molar-refractivity contribution >= 4 is 18.3 Å². The highest BCUT2D eigenvalue weighted by Crippen LogP contribution is 2.06. The quantitative estimate of drug-likeness (QED) is 0.595. The Balaban J connectivity index is 2.96. The van der Waals surface area contributed by atoms with Crippen LogP contribution in [0.15, 0.2) is 29.9 Å². The maximum absolute atomic E-state index is 5.55. The van der Waals surface area contributed by atoms with Gasteiger partial charge in [0.2, 0.25) is 0 Å². The molecule has 0 bridgehead atoms. The van der Waals surface area contributed by atoms with Gasteiger partial charge < -0.3 is 5.73 Å². The molecule has 0 aliphatic carbocycles. The van der Waals surface area contributed by atoms with Crippen molar-refractivity contribution < 1.29 is 0 Å². The lowest BCUT2D eigenvalue weighted by atomic mass is 10.2. The molecule has 1 heterocycles. The molecule has 3 heteroatoms. The van der Waals surface area contributed by atoms with E-state index in [2.05, 4.69) is 17.6 Å². The first-order valence-electron chi connectivity index (χ1n) is 2.85. The second kappa shape index (κ2) is 3.27. The average Bonchev–Trinajstić information content (AvgIpc) is 2.05. The largest absolute Gasteiger partial charge is 0.398 e. The van der Waals surface area contributed by atoms with E-state index in [0.717, 1.165) is 5.56 Å². The molecule has 10 heavy (non-hydrogen) atoms. The summed E-state index contributed by atoms with van der Waals surface area (Å²) in [5.41, 5.74) is 7.16. The summed E-state index contributed by atoms with van der Waals surface area (Å²) >= 11 is 3.92. The Kier molecular flexibility index (Phi) is 2.34. The Bertz CT molecular complexity index is 231. The van der Waals surface area contributed by atoms with Crippen molar-refractivity contribution in [2.45, 2.75) is 0 Å². The van der Waals surface area contributed by atoms with E-state index >= 15 is 0 Å². The fourth-order valence-corrected chi connectivity index (χ4v) is 0.768. The summed E-state index contributed by atoms with van der Waals surface area (Å²) in [4.78, 5) is 3.85. The Morgan fingerprint density at radius 3 is 2.60 bits per heavy atom. The summed E-state index contributed by atoms with van der Waals surface area (Å²) in [7, 11) is 0. The van der Waals surface area contributed by atoms with E-state index in [1.807, 2.05) is 12.1 Å². The van der Waals surface area contributed by atoms with Gasteiger partial charge in [0.1, 0.15) is 0 Å². The maximum atomic E-state index is 5.55. The number of nitrogens with zero attached hydrogens (tertiary/aromatic N) is 1. The predicted molar refractivity (Wildman–Crippen MR) is 45.4 cm³/mol. The van der Waals surface area contributed by atoms with E-state index < -0.39 is 0 Å². The minimum absolute atomic E-state index is 0.658. The summed E-state index contributed by atoms with van der Waals surface area (Å²) in [6.45, 7) is 0. The summed E-state index contributed by atoms with van der Waals surface area (Å²) in [5, 5.41) is 1.56. The van der Waals surface area contributed by atoms with Gasteiger partial charge in [-0.25, -0.2) is 0 Å². The van der Waals surface area contributed by atoms with Crippen LogP contribution >= 0.6 is 12.6 Å². The molecule has 0 aliphatic rings. The summed E-state index contributed by atoms with van der Waals surface area (Å²) < 4.78 is 0. The van der Waals surface area contributed by atoms with Gasteiger partial charge in [-0.1, -0.05) is 0 Å². The number of aromatic nitrogens is 1. The molecule has 0 atom stereocenters. The van der Waals surface area contributed by atoms with Crippen LogP contribution in [-0.4, -0.2) is 4.98 Å². The van der Waals surface area contributed by atoms with Crippen molar-refractivity contribution in [2.75, 3.05) is 0 Å². The third-order valence-electron chi connectivity index (χ3n) is 1.15. The molecule has 2 nitrogen and oxygen atoms in total. The van der Waals surface area contributed by atoms with Crippen LogP contribution in [0.3, 0.4) is 0 Å². The van der Waals surface area contributed by atoms with Gasteiger partial charge >= 0.3 is 0 Å². The van der Waals surface area contributed by atoms with Crippen molar-refractivity contribution in [3.63, 3.8) is 0 Å². The molecule has 1 rings (SSSR count). The zero-order chi connectivity index (χ0) is 7.40. The topological polar surface area (TPSA) is 38.9 Å². The van der Waals surface area contributed by atoms with Crippen molar-refractivity contribution in [1.82, 2.24) is 4.98 Å². The molecule has 0 amide bonds. The van der Waals surface area contributed by atoms with Crippen molar-refractivity contribution in [3.8, 4) is 0 Å². The van der Waals surface area contributed by atoms with Gasteiger partial charge in [-0.05, 0) is 17.5 Å². The highest BCUT2D eigenvalue weighted by atomic mass is 32.1. The zero-order valence-corrected chi connectivity index (χ0v) is 6.25. The van der Waals surface area contributed by atoms with Crippen LogP contribution in [0.2, 0.25) is 0 Å². The molecule has 0 aromatic carbocycles. The molecule has 0 radical (unpaired) electrons. The van der Waals surface area contributed by atoms with Crippen LogP contribution in [0.25, 0.3) is 5.70 Å². The summed E-state index contributed by atoms with van der Waals surface area (Å²) in [6.07, 6.45) is 3.39. The second-order valence-electron chi connectivity index (χ2n) is 1.82. The lowest BCUT2D eigenvalue weighted by Crippen LogP contribution is -1.94. The van der Waals surface area contributed by atoms with Crippen LogP contribution < -0.4 is 5.73 Å². The van der Waals surface area contributed by atoms with E-state index in [-0.39, 0.29) is 0 Å². The SMILES string of the molecule is N/C(=C\S)c1ccncc1. The molecule has 1 aromatic rings. The molecule has 1 aromatic heterocycles. The van der Waals surface area contributed by atoms with Gasteiger partial charge in [-0.2, -0.15) is 0 Å². The molecule has 52 valence electrons. The van der Waals surface area contributed by atoms with Gasteiger partial charge in [0.05, 0.1) is 0 Å². The van der Waals surface area contributed by atoms with Crippen molar-refractivity contribution in [3.05, 3.63) is 35.5 Å². The van der Waals surface area contributed by atoms with E-state index in [1.54, 1.807) is 17.8 Å². The highest BCUT2D eigenvalue weighted by Gasteiger charge is 1.90. The van der Waals surface area contributed by atoms with E-state index in [0.29, 0.717) is 5.70 Å². The third-order valence-corrected chi connectivity index (χ3v) is 1.43. The molecule has 0 spiro atoms. The Morgan fingerprint density at radius 1 is 1.50 bits per heavy atom. The number of nitrogens with two attached hydrogens (primary N) is 1. The van der Waals surface area contributed by atoms with Crippen LogP contribution in [0.4, 0.5) is 0 Å². The maximum Gasteiger partial charge on any atom is 0.0450 e. The van der Waals surface area contributed by atoms with Gasteiger partial charge in [0, 0.05) is 23.7 Å². The standard InChI is InChI=1S/C7H8N2S/c8-7(5-10)6-1-3-9-4-2-6/h1-5,10H,8H2/b7-5-. The van der Waals surface area contributed by atoms with Gasteiger partial charge in [0.25, 0.3) is 0 Å². The normalized spacial score (nSPS) is 11.5. The fraction of sp³-hybridized carbons (Fsp3) is 0. The van der Waals surface area contributed by atoms with Crippen LogP contribution in [-0.2, 0) is 0 Å². The van der Waals surface area contributed by atoms with Crippen LogP contribution in [0.1, 0.15) is 5.56 Å². The first kappa shape index (κ1) is 7.15. The molecule has 0 aliphatic heterocycles. The van der Waals surface area contributed by atoms with Crippen molar-refractivity contribution in [2.24, 2.45) is 5.73 Å². The predicted octanol–water partition coefficient (Wildman–Crippen LogP) is 1.27. The third kappa shape index (κ3) is 1.51. The molecular weight excluding hydrogens is 144 g/mol. The van der Waals surface area contributed by atoms with E-state index in [9.17, 15) is 0 Å². The number of pyridine rings is 1. The molecule has 2 N–H and O–H groups in total. The Morgan fingerprint density at radius 2 is 2.10 bits per heavy atom. The lowest BCUT2D eigenvalue weighted by Gasteiger charge is -1.96. The monoisotopic (exact) mass is 152 g/mol. The Labute approximate surface area is 65.2 Å². The first-order valence-corrected chi connectivity index (χ1v) is 3.36. The number of rotatable bonds is 1. The minimum atomic E-state index is 0.658. The Hall–Kier alpha value is -0.960. The lowest BCUT2D eigenvalue weighted by molar-refractivity contribution is 1.31. The minimum Gasteiger partial charge on any atom is -0.398 e. The highest BCUT2D eigenvalue weighted by molar-refractivity contribution is 7.83. The molecule has 0 unspecified atom stereocenters. The van der Waals surface area contributed by atoms with Crippen LogP contribution in [0, 0.1) is 0 Å². The van der Waals surface area contributed by atoms with Gasteiger partial charge in [-0.15, -0.1) is 12.6 Å². The fourth-order valence-electron chi connectivity index (χ4n) is 0.619. The van der Waals surface area contributed by atoms with E-state index in [1.165, 1.54) is 0 Å². The number of hydrogen-bond donors (Lipinski definition) is 2. The molecule has 0 saturated heterocycles. The van der Waals surface area contributed by atoms with Crippen LogP contribution in [0.5, 0.6) is 0 Å². The summed E-state index contributed by atoms with van der Waals surface area (Å²) in [6, 6.07) is 3.67. The second-order valence-corrected chi connectivity index (χ2v) is 2.08. The molecule has 0 fully saturated rings. The first-order chi connectivity index (χ1) is 4.84. The summed E-state index contributed by atoms with van der Waals surface area (Å²) in [5.74, 6) is 0. The molecule has 0 saturated carbocycles. The van der Waals surface area contributed by atoms with Gasteiger partial charge in [0.15, 0.2) is 0 Å². The van der Waals surface area contributed by atoms with Crippen molar-refractivity contribution in [1.29, 1.82) is 0 Å².